The van der Waals surface area contributed by atoms with E-state index in [-0.39, 0.29) is 0 Å². The molecule has 0 aromatic heterocycles. The van der Waals surface area contributed by atoms with Crippen LogP contribution in [0.1, 0.15) is 46.5 Å². The van der Waals surface area contributed by atoms with Crippen LogP contribution in [-0.2, 0) is 0 Å². The number of nitrogens with two attached hydrogens (primary N) is 1. The average Bonchev–Trinajstić information content (AvgIpc) is 2.17. The molecule has 1 saturated carbocycles. The molecule has 1 fully saturated rings. The quantitative estimate of drug-likeness (QED) is 0.554. The lowest BCUT2D eigenvalue weighted by Gasteiger charge is -1.97. The first-order chi connectivity index (χ1) is 4.70. The number of hydrogen-bond acceptors (Lipinski definition) is 1. The molecule has 2 N–H and O–H groups in total. The van der Waals surface area contributed by atoms with Crippen molar-refractivity contribution < 1.29 is 0 Å². The highest BCUT2D eigenvalue weighted by molar-refractivity contribution is 4.73. The molecule has 62 valence electrons. The summed E-state index contributed by atoms with van der Waals surface area (Å²) >= 11 is 0. The van der Waals surface area contributed by atoms with Gasteiger partial charge in [0.1, 0.15) is 0 Å². The fraction of sp³-hybridized carbons (Fsp3) is 1.00. The van der Waals surface area contributed by atoms with Gasteiger partial charge in [-0.2, -0.15) is 0 Å². The Hall–Kier alpha value is -0.0400. The van der Waals surface area contributed by atoms with E-state index in [1.807, 2.05) is 0 Å². The lowest BCUT2D eigenvalue weighted by molar-refractivity contribution is 0.594. The molecule has 1 nitrogen and oxygen atoms in total. The molecule has 0 aliphatic heterocycles. The average molecular weight is 143 g/mol. The zero-order valence-corrected chi connectivity index (χ0v) is 7.56. The molecule has 0 heterocycles. The second-order valence-corrected chi connectivity index (χ2v) is 3.39. The predicted molar refractivity (Wildman–Crippen MR) is 47.0 cm³/mol. The molecule has 1 heteroatoms. The highest BCUT2D eigenvalue weighted by Gasteiger charge is 2.16. The Balaban J connectivity index is 0.000000236. The van der Waals surface area contributed by atoms with Crippen molar-refractivity contribution in [1.29, 1.82) is 0 Å². The van der Waals surface area contributed by atoms with Crippen molar-refractivity contribution in [3.63, 3.8) is 0 Å². The van der Waals surface area contributed by atoms with Crippen LogP contribution in [0.4, 0.5) is 0 Å². The Kier molecular flexibility index (Phi) is 5.70. The molecular formula is C9H21N. The summed E-state index contributed by atoms with van der Waals surface area (Å²) in [5.41, 5.74) is 5.63. The zero-order valence-electron chi connectivity index (χ0n) is 7.56. The first-order valence-electron chi connectivity index (χ1n) is 4.46. The summed E-state index contributed by atoms with van der Waals surface area (Å²) < 4.78 is 0. The summed E-state index contributed by atoms with van der Waals surface area (Å²) in [5, 5.41) is 0. The zero-order chi connectivity index (χ0) is 7.98. The second-order valence-electron chi connectivity index (χ2n) is 3.39. The van der Waals surface area contributed by atoms with E-state index >= 15 is 0 Å². The van der Waals surface area contributed by atoms with Crippen LogP contribution in [0.2, 0.25) is 0 Å². The van der Waals surface area contributed by atoms with Crippen LogP contribution in [0, 0.1) is 5.92 Å². The van der Waals surface area contributed by atoms with Gasteiger partial charge in [-0.15, -0.1) is 0 Å². The first kappa shape index (κ1) is 9.96. The van der Waals surface area contributed by atoms with Gasteiger partial charge >= 0.3 is 0 Å². The molecule has 0 aromatic carbocycles. The van der Waals surface area contributed by atoms with Gasteiger partial charge in [0.2, 0.25) is 0 Å². The maximum Gasteiger partial charge on any atom is 0.00414 e. The maximum absolute atomic E-state index is 5.63. The van der Waals surface area contributed by atoms with Gasteiger partial charge < -0.3 is 5.73 Å². The topological polar surface area (TPSA) is 26.0 Å². The molecule has 1 rings (SSSR count). The van der Waals surface area contributed by atoms with E-state index in [1.54, 1.807) is 0 Å². The minimum Gasteiger partial charge on any atom is -0.328 e. The van der Waals surface area contributed by atoms with Crippen molar-refractivity contribution in [3.05, 3.63) is 0 Å². The first-order valence-corrected chi connectivity index (χ1v) is 4.46. The third-order valence-electron chi connectivity index (χ3n) is 1.74. The maximum atomic E-state index is 5.63. The summed E-state index contributed by atoms with van der Waals surface area (Å²) in [5.74, 6) is 0.898. The van der Waals surface area contributed by atoms with Crippen LogP contribution in [0.5, 0.6) is 0 Å². The highest BCUT2D eigenvalue weighted by Crippen LogP contribution is 2.22. The lowest BCUT2D eigenvalue weighted by Crippen LogP contribution is -2.14. The fourth-order valence-corrected chi connectivity index (χ4v) is 1.25. The smallest absolute Gasteiger partial charge is 0.00414 e. The monoisotopic (exact) mass is 143 g/mol. The molecule has 0 spiro atoms. The molecule has 2 atom stereocenters. The summed E-state index contributed by atoms with van der Waals surface area (Å²) in [6.45, 7) is 6.52. The van der Waals surface area contributed by atoms with Crippen LogP contribution >= 0.6 is 0 Å². The Morgan fingerprint density at radius 2 is 1.80 bits per heavy atom. The van der Waals surface area contributed by atoms with Crippen molar-refractivity contribution in [1.82, 2.24) is 0 Å². The molecule has 0 amide bonds. The van der Waals surface area contributed by atoms with Crippen molar-refractivity contribution in [2.75, 3.05) is 0 Å². The molecular weight excluding hydrogens is 122 g/mol. The molecule has 0 aromatic rings. The van der Waals surface area contributed by atoms with Crippen LogP contribution in [0.3, 0.4) is 0 Å². The van der Waals surface area contributed by atoms with E-state index in [9.17, 15) is 0 Å². The van der Waals surface area contributed by atoms with Gasteiger partial charge in [0.15, 0.2) is 0 Å². The standard InChI is InChI=1S/C6H13N.C3H8/c1-5-2-3-6(7)4-5;1-3-2/h5-6H,2-4,7H2,1H3;3H2,1-2H3. The van der Waals surface area contributed by atoms with E-state index in [2.05, 4.69) is 20.8 Å². The van der Waals surface area contributed by atoms with Gasteiger partial charge in [0.05, 0.1) is 0 Å². The lowest BCUT2D eigenvalue weighted by atomic mass is 10.1. The third-order valence-corrected chi connectivity index (χ3v) is 1.74. The highest BCUT2D eigenvalue weighted by atomic mass is 14.6. The Morgan fingerprint density at radius 3 is 1.90 bits per heavy atom. The van der Waals surface area contributed by atoms with E-state index in [0.717, 1.165) is 5.92 Å². The normalized spacial score (nSPS) is 31.2. The molecule has 10 heavy (non-hydrogen) atoms. The fourth-order valence-electron chi connectivity index (χ4n) is 1.25. The summed E-state index contributed by atoms with van der Waals surface area (Å²) in [6.07, 6.45) is 5.10. The van der Waals surface area contributed by atoms with Crippen LogP contribution in [0.15, 0.2) is 0 Å². The van der Waals surface area contributed by atoms with E-state index in [0.29, 0.717) is 6.04 Å². The van der Waals surface area contributed by atoms with Gasteiger partial charge in [-0.25, -0.2) is 0 Å². The molecule has 0 bridgehead atoms. The number of rotatable bonds is 0. The SMILES string of the molecule is CC1CCC(N)C1.CCC. The molecule has 1 aliphatic carbocycles. The van der Waals surface area contributed by atoms with E-state index in [1.165, 1.54) is 25.7 Å². The summed E-state index contributed by atoms with van der Waals surface area (Å²) in [6, 6.07) is 0.523. The Labute approximate surface area is 65.0 Å². The summed E-state index contributed by atoms with van der Waals surface area (Å²) in [7, 11) is 0. The molecule has 0 radical (unpaired) electrons. The van der Waals surface area contributed by atoms with Gasteiger partial charge in [0.25, 0.3) is 0 Å². The minimum atomic E-state index is 0.523. The Bertz CT molecular complexity index is 63.1. The second kappa shape index (κ2) is 5.72. The van der Waals surface area contributed by atoms with Crippen molar-refractivity contribution in [2.45, 2.75) is 52.5 Å². The van der Waals surface area contributed by atoms with Crippen molar-refractivity contribution >= 4 is 0 Å². The van der Waals surface area contributed by atoms with Gasteiger partial charge in [-0.05, 0) is 25.2 Å². The van der Waals surface area contributed by atoms with Crippen molar-refractivity contribution in [2.24, 2.45) is 11.7 Å². The van der Waals surface area contributed by atoms with Gasteiger partial charge in [-0.1, -0.05) is 27.2 Å². The van der Waals surface area contributed by atoms with Gasteiger partial charge in [-0.3, -0.25) is 0 Å². The third kappa shape index (κ3) is 4.80. The number of hydrogen-bond donors (Lipinski definition) is 1. The van der Waals surface area contributed by atoms with Crippen LogP contribution in [-0.4, -0.2) is 6.04 Å². The largest absolute Gasteiger partial charge is 0.328 e. The minimum absolute atomic E-state index is 0.523. The van der Waals surface area contributed by atoms with E-state index < -0.39 is 0 Å². The van der Waals surface area contributed by atoms with Crippen LogP contribution in [0.25, 0.3) is 0 Å². The summed E-state index contributed by atoms with van der Waals surface area (Å²) in [4.78, 5) is 0. The Morgan fingerprint density at radius 1 is 1.30 bits per heavy atom. The molecule has 1 aliphatic rings. The van der Waals surface area contributed by atoms with Crippen LogP contribution < -0.4 is 5.73 Å². The van der Waals surface area contributed by atoms with Gasteiger partial charge in [0, 0.05) is 6.04 Å². The van der Waals surface area contributed by atoms with Crippen molar-refractivity contribution in [3.8, 4) is 0 Å². The molecule has 0 saturated heterocycles. The molecule has 2 unspecified atom stereocenters. The predicted octanol–water partition coefficient (Wildman–Crippen LogP) is 2.55. The van der Waals surface area contributed by atoms with E-state index in [4.69, 9.17) is 5.73 Å².